The lowest BCUT2D eigenvalue weighted by Crippen LogP contribution is -2.36. The van der Waals surface area contributed by atoms with Crippen LogP contribution in [0.25, 0.3) is 0 Å². The molecule has 1 aliphatic heterocycles. The van der Waals surface area contributed by atoms with Gasteiger partial charge in [0.1, 0.15) is 0 Å². The number of aliphatic carboxylic acids is 1. The van der Waals surface area contributed by atoms with E-state index in [1.165, 1.54) is 0 Å². The Morgan fingerprint density at radius 1 is 1.07 bits per heavy atom. The Balaban J connectivity index is 1.70. The highest BCUT2D eigenvalue weighted by molar-refractivity contribution is 6.30. The molecule has 2 aromatic rings. The van der Waals surface area contributed by atoms with E-state index in [0.29, 0.717) is 29.4 Å². The van der Waals surface area contributed by atoms with Crippen molar-refractivity contribution in [1.29, 1.82) is 0 Å². The van der Waals surface area contributed by atoms with Crippen molar-refractivity contribution < 1.29 is 19.4 Å². The molecule has 0 spiro atoms. The fourth-order valence-electron chi connectivity index (χ4n) is 3.01. The van der Waals surface area contributed by atoms with Crippen LogP contribution in [-0.4, -0.2) is 43.3 Å². The zero-order valence-corrected chi connectivity index (χ0v) is 15.5. The highest BCUT2D eigenvalue weighted by atomic mass is 35.5. The Hall–Kier alpha value is -2.57. The number of amides is 1. The van der Waals surface area contributed by atoms with Gasteiger partial charge in [-0.2, -0.15) is 0 Å². The molecule has 0 unspecified atom stereocenters. The molecule has 1 aliphatic rings. The lowest BCUT2D eigenvalue weighted by molar-refractivity contribution is -0.137. The van der Waals surface area contributed by atoms with Gasteiger partial charge in [0.25, 0.3) is 5.91 Å². The van der Waals surface area contributed by atoms with E-state index in [4.69, 9.17) is 16.3 Å². The molecule has 6 nitrogen and oxygen atoms in total. The topological polar surface area (TPSA) is 78.9 Å². The molecule has 2 N–H and O–H groups in total. The minimum atomic E-state index is -0.988. The Morgan fingerprint density at radius 2 is 1.70 bits per heavy atom. The number of carboxylic acid groups (broad SMARTS) is 1. The Kier molecular flexibility index (Phi) is 6.32. The summed E-state index contributed by atoms with van der Waals surface area (Å²) >= 11 is 5.89. The molecule has 1 heterocycles. The second kappa shape index (κ2) is 8.88. The van der Waals surface area contributed by atoms with E-state index in [9.17, 15) is 14.7 Å². The van der Waals surface area contributed by atoms with Gasteiger partial charge in [0.2, 0.25) is 0 Å². The number of carbonyl (C=O) groups excluding carboxylic acids is 1. The van der Waals surface area contributed by atoms with Crippen molar-refractivity contribution in [2.75, 3.05) is 31.2 Å². The zero-order chi connectivity index (χ0) is 19.2. The van der Waals surface area contributed by atoms with Crippen molar-refractivity contribution in [3.8, 4) is 0 Å². The van der Waals surface area contributed by atoms with Crippen molar-refractivity contribution in [1.82, 2.24) is 5.32 Å². The van der Waals surface area contributed by atoms with E-state index >= 15 is 0 Å². The number of halogens is 1. The van der Waals surface area contributed by atoms with Gasteiger partial charge >= 0.3 is 5.97 Å². The van der Waals surface area contributed by atoms with Crippen molar-refractivity contribution in [3.05, 3.63) is 64.7 Å². The minimum Gasteiger partial charge on any atom is -0.481 e. The van der Waals surface area contributed by atoms with Crippen LogP contribution in [0.4, 0.5) is 5.69 Å². The number of morpholine rings is 1. The Labute approximate surface area is 162 Å². The van der Waals surface area contributed by atoms with Crippen LogP contribution >= 0.6 is 11.6 Å². The highest BCUT2D eigenvalue weighted by Crippen LogP contribution is 2.21. The van der Waals surface area contributed by atoms with E-state index in [-0.39, 0.29) is 12.3 Å². The van der Waals surface area contributed by atoms with Gasteiger partial charge in [-0.25, -0.2) is 0 Å². The predicted molar refractivity (Wildman–Crippen MR) is 103 cm³/mol. The summed E-state index contributed by atoms with van der Waals surface area (Å²) in [5, 5.41) is 12.5. The number of benzene rings is 2. The SMILES string of the molecule is O=C(O)C[C@H](NC(=O)c1ccc(N2CCOCC2)cc1)c1ccc(Cl)cc1. The van der Waals surface area contributed by atoms with Gasteiger partial charge in [-0.3, -0.25) is 9.59 Å². The van der Waals surface area contributed by atoms with Crippen LogP contribution in [0.15, 0.2) is 48.5 Å². The van der Waals surface area contributed by atoms with Crippen LogP contribution < -0.4 is 10.2 Å². The molecule has 1 saturated heterocycles. The third kappa shape index (κ3) is 5.21. The summed E-state index contributed by atoms with van der Waals surface area (Å²) in [4.78, 5) is 26.0. The van der Waals surface area contributed by atoms with Gasteiger partial charge in [-0.15, -0.1) is 0 Å². The number of ether oxygens (including phenoxy) is 1. The molecule has 1 amide bonds. The van der Waals surface area contributed by atoms with E-state index in [2.05, 4.69) is 10.2 Å². The maximum Gasteiger partial charge on any atom is 0.305 e. The molecule has 1 fully saturated rings. The molecule has 0 radical (unpaired) electrons. The number of anilines is 1. The standard InChI is InChI=1S/C20H21ClN2O4/c21-16-5-1-14(2-6-16)18(13-19(24)25)22-20(26)15-3-7-17(8-4-15)23-9-11-27-12-10-23/h1-8,18H,9-13H2,(H,22,26)(H,24,25)/t18-/m0/s1. The molecule has 27 heavy (non-hydrogen) atoms. The number of hydrogen-bond donors (Lipinski definition) is 2. The smallest absolute Gasteiger partial charge is 0.305 e. The number of carboxylic acids is 1. The molecule has 142 valence electrons. The van der Waals surface area contributed by atoms with Crippen LogP contribution in [0.1, 0.15) is 28.4 Å². The fourth-order valence-corrected chi connectivity index (χ4v) is 3.13. The molecule has 0 aromatic heterocycles. The van der Waals surface area contributed by atoms with Crippen LogP contribution in [0.5, 0.6) is 0 Å². The Morgan fingerprint density at radius 3 is 2.30 bits per heavy atom. The van der Waals surface area contributed by atoms with Crippen molar-refractivity contribution >= 4 is 29.2 Å². The van der Waals surface area contributed by atoms with Crippen LogP contribution in [-0.2, 0) is 9.53 Å². The molecule has 0 saturated carbocycles. The summed E-state index contributed by atoms with van der Waals surface area (Å²) in [6.45, 7) is 3.03. The normalized spacial score (nSPS) is 15.2. The number of carbonyl (C=O) groups is 2. The number of nitrogens with one attached hydrogen (secondary N) is 1. The van der Waals surface area contributed by atoms with Gasteiger partial charge in [0.15, 0.2) is 0 Å². The van der Waals surface area contributed by atoms with Crippen LogP contribution in [0.3, 0.4) is 0 Å². The summed E-state index contributed by atoms with van der Waals surface area (Å²) in [6, 6.07) is 13.5. The molecule has 7 heteroatoms. The lowest BCUT2D eigenvalue weighted by Gasteiger charge is -2.28. The first-order valence-electron chi connectivity index (χ1n) is 8.74. The summed E-state index contributed by atoms with van der Waals surface area (Å²) in [6.07, 6.45) is -0.209. The van der Waals surface area contributed by atoms with Gasteiger partial charge in [-0.05, 0) is 42.0 Å². The summed E-state index contributed by atoms with van der Waals surface area (Å²) in [5.41, 5.74) is 2.21. The van der Waals surface area contributed by atoms with E-state index in [1.807, 2.05) is 12.1 Å². The maximum absolute atomic E-state index is 12.6. The second-order valence-corrected chi connectivity index (χ2v) is 6.76. The third-order valence-electron chi connectivity index (χ3n) is 4.46. The van der Waals surface area contributed by atoms with Crippen molar-refractivity contribution in [2.45, 2.75) is 12.5 Å². The molecular formula is C20H21ClN2O4. The summed E-state index contributed by atoms with van der Waals surface area (Å²) < 4.78 is 5.35. The number of rotatable bonds is 6. The highest BCUT2D eigenvalue weighted by Gasteiger charge is 2.19. The molecule has 1 atom stereocenters. The molecule has 0 aliphatic carbocycles. The van der Waals surface area contributed by atoms with Crippen LogP contribution in [0, 0.1) is 0 Å². The molecule has 0 bridgehead atoms. The Bertz CT molecular complexity index is 787. The average molecular weight is 389 g/mol. The third-order valence-corrected chi connectivity index (χ3v) is 4.71. The van der Waals surface area contributed by atoms with Crippen molar-refractivity contribution in [2.24, 2.45) is 0 Å². The van der Waals surface area contributed by atoms with E-state index in [1.54, 1.807) is 36.4 Å². The largest absolute Gasteiger partial charge is 0.481 e. The molecular weight excluding hydrogens is 368 g/mol. The fraction of sp³-hybridized carbons (Fsp3) is 0.300. The first-order chi connectivity index (χ1) is 13.0. The maximum atomic E-state index is 12.6. The first kappa shape index (κ1) is 19.2. The van der Waals surface area contributed by atoms with Gasteiger partial charge < -0.3 is 20.1 Å². The minimum absolute atomic E-state index is 0.209. The molecule has 3 rings (SSSR count). The second-order valence-electron chi connectivity index (χ2n) is 6.32. The summed E-state index contributed by atoms with van der Waals surface area (Å²) in [7, 11) is 0. The van der Waals surface area contributed by atoms with Gasteiger partial charge in [0.05, 0.1) is 25.7 Å². The van der Waals surface area contributed by atoms with Crippen molar-refractivity contribution in [3.63, 3.8) is 0 Å². The zero-order valence-electron chi connectivity index (χ0n) is 14.7. The predicted octanol–water partition coefficient (Wildman–Crippen LogP) is 3.12. The van der Waals surface area contributed by atoms with E-state index < -0.39 is 12.0 Å². The first-order valence-corrected chi connectivity index (χ1v) is 9.11. The monoisotopic (exact) mass is 388 g/mol. The number of nitrogens with zero attached hydrogens (tertiary/aromatic N) is 1. The van der Waals surface area contributed by atoms with Crippen LogP contribution in [0.2, 0.25) is 5.02 Å². The average Bonchev–Trinajstić information content (AvgIpc) is 2.68. The quantitative estimate of drug-likeness (QED) is 0.794. The number of hydrogen-bond acceptors (Lipinski definition) is 4. The van der Waals surface area contributed by atoms with Gasteiger partial charge in [0, 0.05) is 29.4 Å². The van der Waals surface area contributed by atoms with Gasteiger partial charge in [-0.1, -0.05) is 23.7 Å². The lowest BCUT2D eigenvalue weighted by atomic mass is 10.0. The van der Waals surface area contributed by atoms with E-state index in [0.717, 1.165) is 18.8 Å². The molecule has 2 aromatic carbocycles. The summed E-state index contributed by atoms with van der Waals surface area (Å²) in [5.74, 6) is -1.30.